The lowest BCUT2D eigenvalue weighted by atomic mass is 10.3. The standard InChI is InChI=1S/C15H15N5O3/c1-10(2)19-14(22)13(21)18(15(19)23)9-11-8-16-20(17-11)12-6-4-3-5-7-12/h3-8,10H,9H2,1-2H3. The van der Waals surface area contributed by atoms with Gasteiger partial charge in [0.25, 0.3) is 0 Å². The summed E-state index contributed by atoms with van der Waals surface area (Å²) < 4.78 is 0. The third-order valence-electron chi connectivity index (χ3n) is 3.45. The highest BCUT2D eigenvalue weighted by Gasteiger charge is 2.45. The minimum Gasteiger partial charge on any atom is -0.263 e. The average molecular weight is 313 g/mol. The number of hydrogen-bond donors (Lipinski definition) is 0. The van der Waals surface area contributed by atoms with Crippen molar-refractivity contribution >= 4 is 17.8 Å². The molecule has 2 heterocycles. The summed E-state index contributed by atoms with van der Waals surface area (Å²) in [6.07, 6.45) is 1.47. The van der Waals surface area contributed by atoms with E-state index in [4.69, 9.17) is 0 Å². The molecule has 1 aliphatic heterocycles. The molecule has 1 saturated heterocycles. The average Bonchev–Trinajstić information content (AvgIpc) is 3.08. The molecular weight excluding hydrogens is 298 g/mol. The van der Waals surface area contributed by atoms with Crippen molar-refractivity contribution in [1.29, 1.82) is 0 Å². The highest BCUT2D eigenvalue weighted by atomic mass is 16.2. The van der Waals surface area contributed by atoms with E-state index in [1.54, 1.807) is 13.8 Å². The molecule has 0 N–H and O–H groups in total. The predicted molar refractivity (Wildman–Crippen MR) is 79.3 cm³/mol. The Morgan fingerprint density at radius 2 is 1.74 bits per heavy atom. The van der Waals surface area contributed by atoms with Crippen LogP contribution in [-0.4, -0.2) is 48.7 Å². The Morgan fingerprint density at radius 3 is 2.35 bits per heavy atom. The summed E-state index contributed by atoms with van der Waals surface area (Å²) in [6.45, 7) is 3.27. The normalized spacial score (nSPS) is 15.2. The largest absolute Gasteiger partial charge is 0.334 e. The quantitative estimate of drug-likeness (QED) is 0.620. The molecule has 0 atom stereocenters. The van der Waals surface area contributed by atoms with Crippen molar-refractivity contribution in [2.24, 2.45) is 0 Å². The first kappa shape index (κ1) is 14.9. The lowest BCUT2D eigenvalue weighted by molar-refractivity contribution is -0.144. The number of aromatic nitrogens is 3. The van der Waals surface area contributed by atoms with Crippen LogP contribution in [0.25, 0.3) is 5.69 Å². The van der Waals surface area contributed by atoms with Crippen molar-refractivity contribution in [1.82, 2.24) is 24.8 Å². The van der Waals surface area contributed by atoms with Crippen LogP contribution < -0.4 is 0 Å². The van der Waals surface area contributed by atoms with E-state index >= 15 is 0 Å². The zero-order valence-electron chi connectivity index (χ0n) is 12.7. The van der Waals surface area contributed by atoms with E-state index in [0.717, 1.165) is 15.5 Å². The maximum atomic E-state index is 12.2. The van der Waals surface area contributed by atoms with Crippen molar-refractivity contribution in [3.8, 4) is 5.69 Å². The molecule has 3 rings (SSSR count). The molecule has 1 aliphatic rings. The fourth-order valence-electron chi connectivity index (χ4n) is 2.33. The van der Waals surface area contributed by atoms with Crippen LogP contribution in [0.1, 0.15) is 19.5 Å². The van der Waals surface area contributed by atoms with Crippen LogP contribution in [0.5, 0.6) is 0 Å². The van der Waals surface area contributed by atoms with Gasteiger partial charge in [-0.3, -0.25) is 14.5 Å². The number of urea groups is 1. The van der Waals surface area contributed by atoms with Gasteiger partial charge in [-0.05, 0) is 26.0 Å². The molecule has 0 aliphatic carbocycles. The van der Waals surface area contributed by atoms with E-state index in [9.17, 15) is 14.4 Å². The highest BCUT2D eigenvalue weighted by Crippen LogP contribution is 2.17. The zero-order chi connectivity index (χ0) is 16.6. The van der Waals surface area contributed by atoms with E-state index in [0.29, 0.717) is 5.69 Å². The van der Waals surface area contributed by atoms with Gasteiger partial charge in [0.15, 0.2) is 0 Å². The lowest BCUT2D eigenvalue weighted by Gasteiger charge is -2.17. The lowest BCUT2D eigenvalue weighted by Crippen LogP contribution is -2.37. The van der Waals surface area contributed by atoms with Crippen molar-refractivity contribution in [2.45, 2.75) is 26.4 Å². The predicted octanol–water partition coefficient (Wildman–Crippen LogP) is 0.966. The van der Waals surface area contributed by atoms with Crippen LogP contribution in [0, 0.1) is 0 Å². The molecule has 1 aromatic heterocycles. The van der Waals surface area contributed by atoms with Gasteiger partial charge in [0.2, 0.25) is 0 Å². The topological polar surface area (TPSA) is 88.4 Å². The number of carbonyl (C=O) groups excluding carboxylic acids is 3. The van der Waals surface area contributed by atoms with Gasteiger partial charge < -0.3 is 0 Å². The van der Waals surface area contributed by atoms with Gasteiger partial charge in [-0.25, -0.2) is 9.69 Å². The molecule has 0 radical (unpaired) electrons. The molecule has 0 spiro atoms. The van der Waals surface area contributed by atoms with E-state index in [1.165, 1.54) is 11.0 Å². The summed E-state index contributed by atoms with van der Waals surface area (Å²) >= 11 is 0. The molecule has 8 heteroatoms. The van der Waals surface area contributed by atoms with Crippen LogP contribution >= 0.6 is 0 Å². The van der Waals surface area contributed by atoms with Crippen molar-refractivity contribution < 1.29 is 14.4 Å². The zero-order valence-corrected chi connectivity index (χ0v) is 12.7. The third kappa shape index (κ3) is 2.59. The molecule has 8 nitrogen and oxygen atoms in total. The number of hydrogen-bond acceptors (Lipinski definition) is 5. The van der Waals surface area contributed by atoms with Crippen LogP contribution in [0.15, 0.2) is 36.5 Å². The Hall–Kier alpha value is -3.03. The Kier molecular flexibility index (Phi) is 3.65. The van der Waals surface area contributed by atoms with E-state index in [2.05, 4.69) is 10.2 Å². The van der Waals surface area contributed by atoms with Crippen LogP contribution in [0.3, 0.4) is 0 Å². The maximum Gasteiger partial charge on any atom is 0.334 e. The van der Waals surface area contributed by atoms with E-state index in [-0.39, 0.29) is 12.6 Å². The van der Waals surface area contributed by atoms with Crippen LogP contribution in [0.4, 0.5) is 4.79 Å². The van der Waals surface area contributed by atoms with Gasteiger partial charge in [-0.15, -0.1) is 0 Å². The smallest absolute Gasteiger partial charge is 0.263 e. The van der Waals surface area contributed by atoms with Crippen molar-refractivity contribution in [3.63, 3.8) is 0 Å². The van der Waals surface area contributed by atoms with E-state index < -0.39 is 17.8 Å². The molecule has 2 aromatic rings. The SMILES string of the molecule is CC(C)N1C(=O)C(=O)N(Cc2cnn(-c3ccccc3)n2)C1=O. The number of amides is 4. The van der Waals surface area contributed by atoms with Gasteiger partial charge in [0.05, 0.1) is 18.4 Å². The second-order valence-electron chi connectivity index (χ2n) is 5.40. The molecule has 0 unspecified atom stereocenters. The van der Waals surface area contributed by atoms with Crippen molar-refractivity contribution in [3.05, 3.63) is 42.2 Å². The Morgan fingerprint density at radius 1 is 1.04 bits per heavy atom. The number of rotatable bonds is 4. The number of carbonyl (C=O) groups is 3. The number of imide groups is 2. The summed E-state index contributed by atoms with van der Waals surface area (Å²) in [5.74, 6) is -1.64. The number of para-hydroxylation sites is 1. The molecule has 0 saturated carbocycles. The number of benzene rings is 1. The van der Waals surface area contributed by atoms with Gasteiger partial charge in [0.1, 0.15) is 5.69 Å². The maximum absolute atomic E-state index is 12.2. The molecular formula is C15H15N5O3. The van der Waals surface area contributed by atoms with E-state index in [1.807, 2.05) is 30.3 Å². The monoisotopic (exact) mass is 313 g/mol. The first-order chi connectivity index (χ1) is 11.0. The highest BCUT2D eigenvalue weighted by molar-refractivity contribution is 6.44. The Labute approximate surface area is 132 Å². The minimum absolute atomic E-state index is 0.0839. The molecule has 1 aromatic carbocycles. The van der Waals surface area contributed by atoms with Gasteiger partial charge in [-0.2, -0.15) is 15.0 Å². The molecule has 23 heavy (non-hydrogen) atoms. The summed E-state index contributed by atoms with van der Waals surface area (Å²) in [4.78, 5) is 39.3. The van der Waals surface area contributed by atoms with Crippen molar-refractivity contribution in [2.75, 3.05) is 0 Å². The first-order valence-corrected chi connectivity index (χ1v) is 7.14. The minimum atomic E-state index is -0.835. The Balaban J connectivity index is 1.80. The number of nitrogens with zero attached hydrogens (tertiary/aromatic N) is 5. The molecule has 1 fully saturated rings. The molecule has 118 valence electrons. The van der Waals surface area contributed by atoms with Gasteiger partial charge >= 0.3 is 17.8 Å². The third-order valence-corrected chi connectivity index (χ3v) is 3.45. The van der Waals surface area contributed by atoms with Gasteiger partial charge in [-0.1, -0.05) is 18.2 Å². The van der Waals surface area contributed by atoms with Gasteiger partial charge in [0, 0.05) is 6.04 Å². The molecule has 0 bridgehead atoms. The fraction of sp³-hybridized carbons (Fsp3) is 0.267. The summed E-state index contributed by atoms with van der Waals surface area (Å²) in [6, 6.07) is 8.26. The molecule has 4 amide bonds. The fourth-order valence-corrected chi connectivity index (χ4v) is 2.33. The summed E-state index contributed by atoms with van der Waals surface area (Å²) in [7, 11) is 0. The Bertz CT molecular complexity index is 768. The second kappa shape index (κ2) is 5.64. The van der Waals surface area contributed by atoms with Crippen LogP contribution in [-0.2, 0) is 16.1 Å². The first-order valence-electron chi connectivity index (χ1n) is 7.14. The summed E-state index contributed by atoms with van der Waals surface area (Å²) in [5, 5.41) is 8.35. The van der Waals surface area contributed by atoms with Crippen LogP contribution in [0.2, 0.25) is 0 Å². The second-order valence-corrected chi connectivity index (χ2v) is 5.40. The summed E-state index contributed by atoms with van der Waals surface area (Å²) in [5.41, 5.74) is 1.19.